The van der Waals surface area contributed by atoms with E-state index in [4.69, 9.17) is 9.47 Å². The fraction of sp³-hybridized carbons (Fsp3) is 0.263. The Morgan fingerprint density at radius 3 is 2.63 bits per heavy atom. The molecule has 8 nitrogen and oxygen atoms in total. The standard InChI is InChI=1S/C19H21N5O3/c1-13(2)24-18(21-22-23-24)12-27-17-6-4-5-14(11-17)19(25)20-15-7-9-16(26-3)10-8-15/h4-11,13H,12H2,1-3H3,(H,20,25). The van der Waals surface area contributed by atoms with Crippen molar-refractivity contribution in [2.45, 2.75) is 26.5 Å². The maximum absolute atomic E-state index is 12.5. The molecule has 140 valence electrons. The maximum Gasteiger partial charge on any atom is 0.255 e. The lowest BCUT2D eigenvalue weighted by Gasteiger charge is -2.10. The van der Waals surface area contributed by atoms with Crippen LogP contribution in [0.1, 0.15) is 36.1 Å². The number of tetrazole rings is 1. The van der Waals surface area contributed by atoms with Crippen LogP contribution in [0.25, 0.3) is 0 Å². The number of hydrogen-bond acceptors (Lipinski definition) is 6. The molecule has 0 unspecified atom stereocenters. The second-order valence-electron chi connectivity index (χ2n) is 6.13. The number of rotatable bonds is 7. The molecule has 0 spiro atoms. The summed E-state index contributed by atoms with van der Waals surface area (Å²) in [5, 5.41) is 14.4. The lowest BCUT2D eigenvalue weighted by Crippen LogP contribution is -2.13. The third kappa shape index (κ3) is 4.60. The Hall–Kier alpha value is -3.42. The first-order valence-corrected chi connectivity index (χ1v) is 8.52. The van der Waals surface area contributed by atoms with Gasteiger partial charge in [-0.25, -0.2) is 4.68 Å². The van der Waals surface area contributed by atoms with E-state index in [0.29, 0.717) is 22.8 Å². The molecule has 0 bridgehead atoms. The van der Waals surface area contributed by atoms with Crippen molar-refractivity contribution in [3.63, 3.8) is 0 Å². The minimum Gasteiger partial charge on any atom is -0.497 e. The molecule has 0 saturated carbocycles. The van der Waals surface area contributed by atoms with Gasteiger partial charge >= 0.3 is 0 Å². The smallest absolute Gasteiger partial charge is 0.255 e. The van der Waals surface area contributed by atoms with Gasteiger partial charge in [0.15, 0.2) is 5.82 Å². The van der Waals surface area contributed by atoms with E-state index >= 15 is 0 Å². The van der Waals surface area contributed by atoms with Crippen molar-refractivity contribution in [1.82, 2.24) is 20.2 Å². The number of nitrogens with zero attached hydrogens (tertiary/aromatic N) is 4. The average molecular weight is 367 g/mol. The zero-order valence-corrected chi connectivity index (χ0v) is 15.4. The first kappa shape index (κ1) is 18.4. The summed E-state index contributed by atoms with van der Waals surface area (Å²) in [6.07, 6.45) is 0. The lowest BCUT2D eigenvalue weighted by molar-refractivity contribution is 0.102. The van der Waals surface area contributed by atoms with E-state index in [-0.39, 0.29) is 18.6 Å². The summed E-state index contributed by atoms with van der Waals surface area (Å²) in [4.78, 5) is 12.5. The van der Waals surface area contributed by atoms with Crippen LogP contribution in [0, 0.1) is 0 Å². The van der Waals surface area contributed by atoms with Crippen molar-refractivity contribution in [1.29, 1.82) is 0 Å². The van der Waals surface area contributed by atoms with E-state index in [2.05, 4.69) is 20.8 Å². The predicted molar refractivity (Wildman–Crippen MR) is 99.9 cm³/mol. The summed E-state index contributed by atoms with van der Waals surface area (Å²) in [7, 11) is 1.60. The number of amides is 1. The van der Waals surface area contributed by atoms with E-state index < -0.39 is 0 Å². The van der Waals surface area contributed by atoms with Crippen LogP contribution in [0.15, 0.2) is 48.5 Å². The Bertz CT molecular complexity index is 906. The summed E-state index contributed by atoms with van der Waals surface area (Å²) in [6, 6.07) is 14.2. The van der Waals surface area contributed by atoms with E-state index in [9.17, 15) is 4.79 Å². The van der Waals surface area contributed by atoms with Gasteiger partial charge in [0.2, 0.25) is 0 Å². The van der Waals surface area contributed by atoms with E-state index in [0.717, 1.165) is 5.75 Å². The van der Waals surface area contributed by atoms with Crippen LogP contribution >= 0.6 is 0 Å². The molecule has 0 saturated heterocycles. The van der Waals surface area contributed by atoms with Crippen molar-refractivity contribution < 1.29 is 14.3 Å². The SMILES string of the molecule is COc1ccc(NC(=O)c2cccc(OCc3nnnn3C(C)C)c2)cc1. The average Bonchev–Trinajstić information content (AvgIpc) is 3.16. The molecule has 0 aliphatic carbocycles. The molecule has 3 aromatic rings. The molecule has 8 heteroatoms. The summed E-state index contributed by atoms with van der Waals surface area (Å²) in [5.74, 6) is 1.69. The van der Waals surface area contributed by atoms with Crippen LogP contribution in [-0.2, 0) is 6.61 Å². The summed E-state index contributed by atoms with van der Waals surface area (Å²) < 4.78 is 12.6. The fourth-order valence-electron chi connectivity index (χ4n) is 2.46. The van der Waals surface area contributed by atoms with Gasteiger partial charge in [0.1, 0.15) is 18.1 Å². The highest BCUT2D eigenvalue weighted by Crippen LogP contribution is 2.19. The van der Waals surface area contributed by atoms with Gasteiger partial charge in [-0.05, 0) is 66.7 Å². The number of hydrogen-bond donors (Lipinski definition) is 1. The Morgan fingerprint density at radius 2 is 1.93 bits per heavy atom. The van der Waals surface area contributed by atoms with Crippen LogP contribution in [0.2, 0.25) is 0 Å². The van der Waals surface area contributed by atoms with Gasteiger partial charge in [0, 0.05) is 11.3 Å². The van der Waals surface area contributed by atoms with E-state index in [1.807, 2.05) is 13.8 Å². The zero-order chi connectivity index (χ0) is 19.2. The van der Waals surface area contributed by atoms with Gasteiger partial charge in [-0.15, -0.1) is 5.10 Å². The van der Waals surface area contributed by atoms with Gasteiger partial charge in [-0.3, -0.25) is 4.79 Å². The molecule has 0 fully saturated rings. The maximum atomic E-state index is 12.5. The topological polar surface area (TPSA) is 91.2 Å². The minimum absolute atomic E-state index is 0.139. The molecule has 1 aromatic heterocycles. The highest BCUT2D eigenvalue weighted by molar-refractivity contribution is 6.04. The molecule has 0 atom stereocenters. The Kier molecular flexibility index (Phi) is 5.65. The van der Waals surface area contributed by atoms with Crippen LogP contribution in [0.3, 0.4) is 0 Å². The number of nitrogens with one attached hydrogen (secondary N) is 1. The van der Waals surface area contributed by atoms with Gasteiger partial charge in [0.05, 0.1) is 13.2 Å². The Morgan fingerprint density at radius 1 is 1.15 bits per heavy atom. The monoisotopic (exact) mass is 367 g/mol. The quantitative estimate of drug-likeness (QED) is 0.690. The van der Waals surface area contributed by atoms with Crippen LogP contribution in [0.5, 0.6) is 11.5 Å². The summed E-state index contributed by atoms with van der Waals surface area (Å²) in [6.45, 7) is 4.20. The third-order valence-corrected chi connectivity index (χ3v) is 3.86. The second kappa shape index (κ2) is 8.31. The second-order valence-corrected chi connectivity index (χ2v) is 6.13. The Balaban J connectivity index is 1.65. The largest absolute Gasteiger partial charge is 0.497 e. The van der Waals surface area contributed by atoms with Gasteiger partial charge < -0.3 is 14.8 Å². The third-order valence-electron chi connectivity index (χ3n) is 3.86. The van der Waals surface area contributed by atoms with Gasteiger partial charge in [0.25, 0.3) is 5.91 Å². The molecular weight excluding hydrogens is 346 g/mol. The number of anilines is 1. The number of benzene rings is 2. The molecule has 0 aliphatic rings. The highest BCUT2D eigenvalue weighted by Gasteiger charge is 2.11. The molecule has 1 heterocycles. The fourth-order valence-corrected chi connectivity index (χ4v) is 2.46. The number of methoxy groups -OCH3 is 1. The van der Waals surface area contributed by atoms with E-state index in [1.165, 1.54) is 0 Å². The van der Waals surface area contributed by atoms with Crippen molar-refractivity contribution in [2.24, 2.45) is 0 Å². The lowest BCUT2D eigenvalue weighted by atomic mass is 10.2. The van der Waals surface area contributed by atoms with Crippen molar-refractivity contribution in [3.8, 4) is 11.5 Å². The highest BCUT2D eigenvalue weighted by atomic mass is 16.5. The molecular formula is C19H21N5O3. The van der Waals surface area contributed by atoms with Gasteiger partial charge in [-0.1, -0.05) is 6.07 Å². The van der Waals surface area contributed by atoms with Gasteiger partial charge in [-0.2, -0.15) is 0 Å². The molecule has 0 radical (unpaired) electrons. The molecule has 0 aliphatic heterocycles. The number of aromatic nitrogens is 4. The number of ether oxygens (including phenoxy) is 2. The minimum atomic E-state index is -0.224. The molecule has 2 aromatic carbocycles. The Labute approximate surface area is 157 Å². The van der Waals surface area contributed by atoms with Crippen molar-refractivity contribution in [3.05, 3.63) is 59.9 Å². The van der Waals surface area contributed by atoms with Crippen molar-refractivity contribution >= 4 is 11.6 Å². The first-order chi connectivity index (χ1) is 13.1. The summed E-state index contributed by atoms with van der Waals surface area (Å²) >= 11 is 0. The molecule has 1 amide bonds. The van der Waals surface area contributed by atoms with Crippen LogP contribution in [-0.4, -0.2) is 33.2 Å². The summed E-state index contributed by atoms with van der Waals surface area (Å²) in [5.41, 5.74) is 1.18. The number of carbonyl (C=O) groups is 1. The number of carbonyl (C=O) groups excluding carboxylic acids is 1. The first-order valence-electron chi connectivity index (χ1n) is 8.52. The van der Waals surface area contributed by atoms with Crippen LogP contribution in [0.4, 0.5) is 5.69 Å². The van der Waals surface area contributed by atoms with Crippen molar-refractivity contribution in [2.75, 3.05) is 12.4 Å². The molecule has 1 N–H and O–H groups in total. The zero-order valence-electron chi connectivity index (χ0n) is 15.4. The van der Waals surface area contributed by atoms with Crippen LogP contribution < -0.4 is 14.8 Å². The van der Waals surface area contributed by atoms with E-state index in [1.54, 1.807) is 60.3 Å². The molecule has 3 rings (SSSR count). The normalized spacial score (nSPS) is 10.7. The predicted octanol–water partition coefficient (Wildman–Crippen LogP) is 3.09. The molecule has 27 heavy (non-hydrogen) atoms.